The maximum atomic E-state index is 13.8. The number of hydrogen-bond donors (Lipinski definition) is 3. The van der Waals surface area contributed by atoms with E-state index in [4.69, 9.17) is 10.5 Å². The topological polar surface area (TPSA) is 134 Å². The number of fused-ring (bicyclic) bond motifs is 1. The maximum absolute atomic E-state index is 13.8. The highest BCUT2D eigenvalue weighted by Gasteiger charge is 2.35. The first kappa shape index (κ1) is 33.0. The van der Waals surface area contributed by atoms with Crippen LogP contribution >= 0.6 is 47.8 Å². The molecule has 45 heavy (non-hydrogen) atoms. The lowest BCUT2D eigenvalue weighted by molar-refractivity contribution is -0.138. The van der Waals surface area contributed by atoms with Crippen LogP contribution in [0.3, 0.4) is 0 Å². The van der Waals surface area contributed by atoms with Crippen LogP contribution in [-0.2, 0) is 16.0 Å². The molecular formula is C32H32Br3N5O5. The number of anilines is 2. The zero-order chi connectivity index (χ0) is 32.1. The number of carbonyl (C=O) groups is 4. The van der Waals surface area contributed by atoms with Crippen molar-refractivity contribution in [3.8, 4) is 5.75 Å². The Morgan fingerprint density at radius 2 is 1.64 bits per heavy atom. The fourth-order valence-electron chi connectivity index (χ4n) is 5.52. The smallest absolute Gasteiger partial charge is 0.322 e. The largest absolute Gasteiger partial charge is 0.484 e. The summed E-state index contributed by atoms with van der Waals surface area (Å²) in [5.41, 5.74) is 8.69. The van der Waals surface area contributed by atoms with Crippen LogP contribution in [0, 0.1) is 0 Å². The Labute approximate surface area is 286 Å². The van der Waals surface area contributed by atoms with E-state index in [2.05, 4.69) is 58.4 Å². The van der Waals surface area contributed by atoms with Gasteiger partial charge in [0.25, 0.3) is 5.91 Å². The number of likely N-dealkylation sites (tertiary alicyclic amines) is 1. The molecule has 0 saturated carbocycles. The van der Waals surface area contributed by atoms with Crippen molar-refractivity contribution in [3.63, 3.8) is 0 Å². The molecule has 3 aromatic rings. The first-order valence-electron chi connectivity index (χ1n) is 14.5. The lowest BCUT2D eigenvalue weighted by atomic mass is 9.99. The van der Waals surface area contributed by atoms with Crippen molar-refractivity contribution in [2.75, 3.05) is 37.3 Å². The molecule has 4 N–H and O–H groups in total. The van der Waals surface area contributed by atoms with Crippen LogP contribution in [0.1, 0.15) is 35.2 Å². The zero-order valence-electron chi connectivity index (χ0n) is 24.2. The summed E-state index contributed by atoms with van der Waals surface area (Å²) >= 11 is 10.1. The van der Waals surface area contributed by atoms with Gasteiger partial charge in [-0.25, -0.2) is 4.79 Å². The quantitative estimate of drug-likeness (QED) is 0.186. The number of ether oxygens (including phenoxy) is 1. The predicted octanol–water partition coefficient (Wildman–Crippen LogP) is 5.77. The van der Waals surface area contributed by atoms with E-state index in [-0.39, 0.29) is 36.8 Å². The molecule has 0 aromatic heterocycles. The molecule has 10 nitrogen and oxygen atoms in total. The van der Waals surface area contributed by atoms with Gasteiger partial charge >= 0.3 is 6.03 Å². The summed E-state index contributed by atoms with van der Waals surface area (Å²) in [6.45, 7) is 1.02. The van der Waals surface area contributed by atoms with Crippen LogP contribution in [0.15, 0.2) is 74.1 Å². The summed E-state index contributed by atoms with van der Waals surface area (Å²) in [6, 6.07) is 16.7. The van der Waals surface area contributed by atoms with Gasteiger partial charge in [-0.05, 0) is 99.2 Å². The van der Waals surface area contributed by atoms with Crippen molar-refractivity contribution in [2.45, 2.75) is 37.8 Å². The molecule has 0 radical (unpaired) electrons. The number of amides is 4. The Balaban J connectivity index is 1.25. The number of piperidine rings is 1. The molecule has 13 heteroatoms. The number of nitrogen functional groups attached to an aromatic ring is 1. The van der Waals surface area contributed by atoms with Gasteiger partial charge in [0, 0.05) is 56.8 Å². The highest BCUT2D eigenvalue weighted by atomic mass is 79.9. The molecule has 0 unspecified atom stereocenters. The summed E-state index contributed by atoms with van der Waals surface area (Å²) in [4.78, 5) is 56.7. The number of hydrogen-bond acceptors (Lipinski definition) is 6. The summed E-state index contributed by atoms with van der Waals surface area (Å²) in [5.74, 6) is -0.731. The van der Waals surface area contributed by atoms with Crippen molar-refractivity contribution in [2.24, 2.45) is 0 Å². The van der Waals surface area contributed by atoms with Crippen molar-refractivity contribution in [1.29, 1.82) is 0 Å². The van der Waals surface area contributed by atoms with Gasteiger partial charge in [-0.2, -0.15) is 0 Å². The van der Waals surface area contributed by atoms with E-state index in [1.807, 2.05) is 29.2 Å². The number of rotatable bonds is 9. The summed E-state index contributed by atoms with van der Waals surface area (Å²) in [5, 5.41) is 5.74. The van der Waals surface area contributed by atoms with E-state index >= 15 is 0 Å². The van der Waals surface area contributed by atoms with Crippen molar-refractivity contribution in [1.82, 2.24) is 15.1 Å². The monoisotopic (exact) mass is 803 g/mol. The first-order chi connectivity index (χ1) is 21.6. The van der Waals surface area contributed by atoms with Crippen LogP contribution < -0.4 is 21.1 Å². The fourth-order valence-corrected chi connectivity index (χ4v) is 6.97. The molecule has 5 rings (SSSR count). The second kappa shape index (κ2) is 14.8. The molecule has 1 saturated heterocycles. The maximum Gasteiger partial charge on any atom is 0.322 e. The number of benzene rings is 3. The number of urea groups is 1. The van der Waals surface area contributed by atoms with Gasteiger partial charge in [-0.15, -0.1) is 0 Å². The molecule has 0 bridgehead atoms. The van der Waals surface area contributed by atoms with Gasteiger partial charge < -0.3 is 30.9 Å². The third kappa shape index (κ3) is 8.25. The molecule has 2 aliphatic heterocycles. The third-order valence-electron chi connectivity index (χ3n) is 7.97. The molecule has 1 atom stereocenters. The summed E-state index contributed by atoms with van der Waals surface area (Å²) in [7, 11) is 0. The van der Waals surface area contributed by atoms with Gasteiger partial charge in [0.05, 0.1) is 5.69 Å². The van der Waals surface area contributed by atoms with Gasteiger partial charge in [-0.3, -0.25) is 14.4 Å². The minimum atomic E-state index is -1.11. The molecule has 3 aromatic carbocycles. The van der Waals surface area contributed by atoms with Crippen molar-refractivity contribution >= 4 is 82.8 Å². The van der Waals surface area contributed by atoms with Gasteiger partial charge in [0.15, 0.2) is 12.4 Å². The van der Waals surface area contributed by atoms with E-state index in [0.717, 1.165) is 22.1 Å². The Kier molecular flexibility index (Phi) is 10.8. The summed E-state index contributed by atoms with van der Waals surface area (Å²) in [6.07, 6.45) is 1.64. The van der Waals surface area contributed by atoms with Crippen LogP contribution in [0.25, 0.3) is 0 Å². The highest BCUT2D eigenvalue weighted by molar-refractivity contribution is 9.11. The Hall–Kier alpha value is -3.42. The van der Waals surface area contributed by atoms with E-state index in [1.54, 1.807) is 41.3 Å². The predicted molar refractivity (Wildman–Crippen MR) is 182 cm³/mol. The number of nitrogens with one attached hydrogen (secondary N) is 2. The number of nitrogens with zero attached hydrogens (tertiary/aromatic N) is 2. The van der Waals surface area contributed by atoms with Gasteiger partial charge in [-0.1, -0.05) is 34.1 Å². The average Bonchev–Trinajstić information content (AvgIpc) is 3.20. The lowest BCUT2D eigenvalue weighted by Crippen LogP contribution is -2.55. The number of carbonyl (C=O) groups excluding carboxylic acids is 4. The normalized spacial score (nSPS) is 15.8. The van der Waals surface area contributed by atoms with E-state index in [9.17, 15) is 19.2 Å². The lowest BCUT2D eigenvalue weighted by Gasteiger charge is -2.39. The van der Waals surface area contributed by atoms with E-state index < -0.39 is 11.9 Å². The fraction of sp³-hybridized carbons (Fsp3) is 0.312. The summed E-state index contributed by atoms with van der Waals surface area (Å²) < 4.78 is 7.54. The first-order valence-corrected chi connectivity index (χ1v) is 16.9. The number of nitrogens with two attached hydrogens (primary N) is 1. The molecule has 1 fully saturated rings. The Morgan fingerprint density at radius 1 is 0.978 bits per heavy atom. The average molecular weight is 806 g/mol. The van der Waals surface area contributed by atoms with Crippen molar-refractivity contribution < 1.29 is 23.9 Å². The minimum absolute atomic E-state index is 0.0400. The Bertz CT molecular complexity index is 1570. The van der Waals surface area contributed by atoms with E-state index in [0.29, 0.717) is 58.4 Å². The zero-order valence-corrected chi connectivity index (χ0v) is 29.0. The molecular weight excluding hydrogens is 774 g/mol. The standard InChI is InChI=1S/C32H32Br3N5O5/c33-21-5-7-23(8-6-21)45-18-29(42)37-27(17-28(41)20-15-24(34)30(36)25(35)16-20)31(43)39-12-10-22(11-13-39)40-14-9-19-3-1-2-4-26(19)38-32(40)44/h1-8,15-16,22,27H,9-14,17-18,36H2,(H,37,42)(H,38,44)/t27-/m0/s1. The highest BCUT2D eigenvalue weighted by Crippen LogP contribution is 2.30. The number of Topliss-reactive ketones (excluding diaryl/α,β-unsaturated/α-hetero) is 1. The van der Waals surface area contributed by atoms with Gasteiger partial charge in [0.2, 0.25) is 5.91 Å². The number of halogens is 3. The van der Waals surface area contributed by atoms with E-state index in [1.165, 1.54) is 0 Å². The molecule has 4 amide bonds. The molecule has 2 aliphatic rings. The van der Waals surface area contributed by atoms with Gasteiger partial charge in [0.1, 0.15) is 11.8 Å². The van der Waals surface area contributed by atoms with Crippen LogP contribution in [0.5, 0.6) is 5.75 Å². The second-order valence-corrected chi connectivity index (χ2v) is 13.6. The SMILES string of the molecule is Nc1c(Br)cc(C(=O)C[C@H](NC(=O)COc2ccc(Br)cc2)C(=O)N2CCC(N3CCc4ccccc4NC3=O)CC2)cc1Br. The molecule has 236 valence electrons. The third-order valence-corrected chi connectivity index (χ3v) is 9.81. The van der Waals surface area contributed by atoms with Crippen LogP contribution in [-0.4, -0.2) is 71.8 Å². The van der Waals surface area contributed by atoms with Crippen molar-refractivity contribution in [3.05, 3.63) is 85.2 Å². The van der Waals surface area contributed by atoms with Crippen LogP contribution in [0.2, 0.25) is 0 Å². The Morgan fingerprint density at radius 3 is 2.33 bits per heavy atom. The molecule has 0 spiro atoms. The second-order valence-electron chi connectivity index (χ2n) is 10.9. The molecule has 2 heterocycles. The minimum Gasteiger partial charge on any atom is -0.484 e. The number of ketones is 1. The molecule has 0 aliphatic carbocycles. The van der Waals surface area contributed by atoms with Crippen LogP contribution in [0.4, 0.5) is 16.2 Å². The number of para-hydroxylation sites is 1.